The van der Waals surface area contributed by atoms with Gasteiger partial charge in [-0.25, -0.2) is 0 Å². The Bertz CT molecular complexity index is 516. The smallest absolute Gasteiger partial charge is 0.293 e. The summed E-state index contributed by atoms with van der Waals surface area (Å²) in [4.78, 5) is 13.2. The number of fused-ring (bicyclic) bond motifs is 1. The molecule has 1 aromatic carbocycles. The van der Waals surface area contributed by atoms with Crippen molar-refractivity contribution >= 4 is 10.8 Å². The molecule has 14 heavy (non-hydrogen) atoms. The molecule has 0 spiro atoms. The summed E-state index contributed by atoms with van der Waals surface area (Å²) in [6.45, 7) is 0. The minimum absolute atomic E-state index is 0.0897. The lowest BCUT2D eigenvalue weighted by Crippen LogP contribution is -2.37. The highest BCUT2D eigenvalue weighted by molar-refractivity contribution is 5.80. The molecule has 0 bridgehead atoms. The van der Waals surface area contributed by atoms with Crippen LogP contribution in [0.2, 0.25) is 0 Å². The molecule has 0 aliphatic heterocycles. The Kier molecular flexibility index (Phi) is 1.96. The van der Waals surface area contributed by atoms with Crippen LogP contribution < -0.4 is 10.6 Å². The van der Waals surface area contributed by atoms with Crippen LogP contribution in [0.4, 0.5) is 0 Å². The van der Waals surface area contributed by atoms with Gasteiger partial charge < -0.3 is 0 Å². The van der Waals surface area contributed by atoms with Gasteiger partial charge in [0.05, 0.1) is 11.6 Å². The van der Waals surface area contributed by atoms with E-state index in [1.54, 1.807) is 31.4 Å². The average molecular weight is 189 g/mol. The van der Waals surface area contributed by atoms with Crippen molar-refractivity contribution in [2.24, 2.45) is 0 Å². The summed E-state index contributed by atoms with van der Waals surface area (Å²) in [5.41, 5.74) is -0.0897. The SMILES string of the molecule is CN(C)n1ncc2ccccc2c1=O. The number of benzene rings is 1. The van der Waals surface area contributed by atoms with Crippen LogP contribution in [-0.4, -0.2) is 24.0 Å². The molecular weight excluding hydrogens is 178 g/mol. The summed E-state index contributed by atoms with van der Waals surface area (Å²) < 4.78 is 0. The number of hydrogen-bond acceptors (Lipinski definition) is 3. The summed E-state index contributed by atoms with van der Waals surface area (Å²) in [7, 11) is 3.56. The standard InChI is InChI=1S/C10H11N3O/c1-12(2)13-10(14)9-6-4-3-5-8(9)7-11-13/h3-7H,1-2H3. The normalized spacial score (nSPS) is 10.4. The molecule has 0 atom stereocenters. The van der Waals surface area contributed by atoms with Crippen molar-refractivity contribution in [1.29, 1.82) is 0 Å². The van der Waals surface area contributed by atoms with Crippen molar-refractivity contribution < 1.29 is 0 Å². The van der Waals surface area contributed by atoms with Crippen LogP contribution in [0, 0.1) is 0 Å². The molecule has 0 amide bonds. The monoisotopic (exact) mass is 189 g/mol. The van der Waals surface area contributed by atoms with Gasteiger partial charge in [-0.3, -0.25) is 9.80 Å². The van der Waals surface area contributed by atoms with E-state index in [9.17, 15) is 4.79 Å². The molecule has 0 aliphatic carbocycles. The molecule has 2 aromatic rings. The molecule has 2 rings (SSSR count). The first-order valence-electron chi connectivity index (χ1n) is 4.35. The predicted molar refractivity (Wildman–Crippen MR) is 56.1 cm³/mol. The maximum Gasteiger partial charge on any atom is 0.293 e. The Morgan fingerprint density at radius 3 is 2.71 bits per heavy atom. The molecule has 4 nitrogen and oxygen atoms in total. The van der Waals surface area contributed by atoms with E-state index in [1.807, 2.05) is 18.2 Å². The molecule has 4 heteroatoms. The zero-order valence-electron chi connectivity index (χ0n) is 8.14. The van der Waals surface area contributed by atoms with Crippen molar-refractivity contribution in [3.05, 3.63) is 40.8 Å². The number of nitrogens with zero attached hydrogens (tertiary/aromatic N) is 3. The van der Waals surface area contributed by atoms with Crippen LogP contribution in [0.3, 0.4) is 0 Å². The van der Waals surface area contributed by atoms with E-state index in [1.165, 1.54) is 4.79 Å². The highest BCUT2D eigenvalue weighted by atomic mass is 16.1. The topological polar surface area (TPSA) is 38.1 Å². The second-order valence-corrected chi connectivity index (χ2v) is 3.27. The lowest BCUT2D eigenvalue weighted by atomic mass is 10.2. The van der Waals surface area contributed by atoms with Crippen LogP contribution in [0.25, 0.3) is 10.8 Å². The van der Waals surface area contributed by atoms with Crippen LogP contribution in [0.15, 0.2) is 35.3 Å². The fraction of sp³-hybridized carbons (Fsp3) is 0.200. The van der Waals surface area contributed by atoms with Gasteiger partial charge >= 0.3 is 0 Å². The molecule has 0 N–H and O–H groups in total. The Balaban J connectivity index is 2.82. The van der Waals surface area contributed by atoms with Crippen LogP contribution in [0.1, 0.15) is 0 Å². The largest absolute Gasteiger partial charge is 0.299 e. The van der Waals surface area contributed by atoms with E-state index < -0.39 is 0 Å². The summed E-state index contributed by atoms with van der Waals surface area (Å²) in [5, 5.41) is 7.25. The van der Waals surface area contributed by atoms with Crippen molar-refractivity contribution in [2.45, 2.75) is 0 Å². The van der Waals surface area contributed by atoms with E-state index in [4.69, 9.17) is 0 Å². The first-order chi connectivity index (χ1) is 6.70. The van der Waals surface area contributed by atoms with Gasteiger partial charge in [0.1, 0.15) is 0 Å². The predicted octanol–water partition coefficient (Wildman–Crippen LogP) is 0.594. The van der Waals surface area contributed by atoms with Crippen molar-refractivity contribution in [1.82, 2.24) is 9.89 Å². The number of hydrogen-bond donors (Lipinski definition) is 0. The van der Waals surface area contributed by atoms with Gasteiger partial charge in [-0.1, -0.05) is 18.2 Å². The quantitative estimate of drug-likeness (QED) is 0.659. The first kappa shape index (κ1) is 8.74. The fourth-order valence-corrected chi connectivity index (χ4v) is 1.37. The Morgan fingerprint density at radius 1 is 1.29 bits per heavy atom. The lowest BCUT2D eigenvalue weighted by molar-refractivity contribution is 0.605. The molecule has 0 unspecified atom stereocenters. The second-order valence-electron chi connectivity index (χ2n) is 3.27. The Morgan fingerprint density at radius 2 is 2.00 bits per heavy atom. The van der Waals surface area contributed by atoms with Gasteiger partial charge in [0.15, 0.2) is 0 Å². The molecule has 0 fully saturated rings. The third kappa shape index (κ3) is 1.25. The van der Waals surface area contributed by atoms with E-state index in [-0.39, 0.29) is 5.56 Å². The van der Waals surface area contributed by atoms with Crippen LogP contribution >= 0.6 is 0 Å². The zero-order chi connectivity index (χ0) is 10.1. The fourth-order valence-electron chi connectivity index (χ4n) is 1.37. The summed E-state index contributed by atoms with van der Waals surface area (Å²) in [6, 6.07) is 7.43. The van der Waals surface area contributed by atoms with Crippen molar-refractivity contribution in [3.8, 4) is 0 Å². The van der Waals surface area contributed by atoms with Crippen LogP contribution in [0.5, 0.6) is 0 Å². The van der Waals surface area contributed by atoms with Crippen LogP contribution in [-0.2, 0) is 0 Å². The van der Waals surface area contributed by atoms with E-state index in [0.717, 1.165) is 5.39 Å². The van der Waals surface area contributed by atoms with E-state index in [0.29, 0.717) is 5.39 Å². The highest BCUT2D eigenvalue weighted by Crippen LogP contribution is 2.05. The minimum Gasteiger partial charge on any atom is -0.299 e. The van der Waals surface area contributed by atoms with Gasteiger partial charge in [-0.2, -0.15) is 5.10 Å². The maximum atomic E-state index is 11.8. The minimum atomic E-state index is -0.0897. The summed E-state index contributed by atoms with van der Waals surface area (Å²) >= 11 is 0. The average Bonchev–Trinajstić information content (AvgIpc) is 2.18. The highest BCUT2D eigenvalue weighted by Gasteiger charge is 2.03. The summed E-state index contributed by atoms with van der Waals surface area (Å²) in [5.74, 6) is 0. The molecule has 0 radical (unpaired) electrons. The third-order valence-electron chi connectivity index (χ3n) is 2.06. The second kappa shape index (κ2) is 3.14. The molecule has 1 aromatic heterocycles. The lowest BCUT2D eigenvalue weighted by Gasteiger charge is -2.13. The molecule has 0 saturated heterocycles. The molecule has 1 heterocycles. The van der Waals surface area contributed by atoms with Gasteiger partial charge in [0.2, 0.25) is 0 Å². The maximum absolute atomic E-state index is 11.8. The molecular formula is C10H11N3O. The third-order valence-corrected chi connectivity index (χ3v) is 2.06. The van der Waals surface area contributed by atoms with Gasteiger partial charge in [0, 0.05) is 19.5 Å². The van der Waals surface area contributed by atoms with E-state index >= 15 is 0 Å². The molecule has 0 aliphatic rings. The Hall–Kier alpha value is -1.84. The van der Waals surface area contributed by atoms with Crippen molar-refractivity contribution in [3.63, 3.8) is 0 Å². The van der Waals surface area contributed by atoms with Gasteiger partial charge in [-0.05, 0) is 6.07 Å². The molecule has 72 valence electrons. The van der Waals surface area contributed by atoms with E-state index in [2.05, 4.69) is 5.10 Å². The Labute approximate surface area is 81.4 Å². The number of rotatable bonds is 1. The first-order valence-corrected chi connectivity index (χ1v) is 4.35. The number of aromatic nitrogens is 2. The van der Waals surface area contributed by atoms with Crippen molar-refractivity contribution in [2.75, 3.05) is 19.1 Å². The van der Waals surface area contributed by atoms with Gasteiger partial charge in [0.25, 0.3) is 5.56 Å². The van der Waals surface area contributed by atoms with Gasteiger partial charge in [-0.15, -0.1) is 4.79 Å². The zero-order valence-corrected chi connectivity index (χ0v) is 8.14. The summed E-state index contributed by atoms with van der Waals surface area (Å²) in [6.07, 6.45) is 1.69. The molecule has 0 saturated carbocycles.